The quantitative estimate of drug-likeness (QED) is 0.598. The molecule has 0 aliphatic carbocycles. The van der Waals surface area contributed by atoms with Crippen molar-refractivity contribution in [3.63, 3.8) is 0 Å². The summed E-state index contributed by atoms with van der Waals surface area (Å²) in [4.78, 5) is 46.5. The molecule has 0 unspecified atom stereocenters. The van der Waals surface area contributed by atoms with Gasteiger partial charge in [0.05, 0.1) is 29.8 Å². The van der Waals surface area contributed by atoms with E-state index in [0.717, 1.165) is 30.4 Å². The number of piperidine rings is 1. The van der Waals surface area contributed by atoms with Crippen molar-refractivity contribution in [2.75, 3.05) is 11.9 Å². The molecule has 1 aliphatic heterocycles. The van der Waals surface area contributed by atoms with E-state index >= 15 is 0 Å². The van der Waals surface area contributed by atoms with Crippen molar-refractivity contribution >= 4 is 23.4 Å². The number of anilines is 1. The maximum absolute atomic E-state index is 13.0. The average molecular weight is 432 g/mol. The van der Waals surface area contributed by atoms with Crippen LogP contribution in [0.25, 0.3) is 0 Å². The van der Waals surface area contributed by atoms with Crippen LogP contribution in [0.5, 0.6) is 0 Å². The van der Waals surface area contributed by atoms with Gasteiger partial charge in [0.25, 0.3) is 0 Å². The van der Waals surface area contributed by atoms with E-state index in [1.54, 1.807) is 17.4 Å². The lowest BCUT2D eigenvalue weighted by atomic mass is 9.94. The number of carbonyl (C=O) groups excluding carboxylic acids is 3. The summed E-state index contributed by atoms with van der Waals surface area (Å²) < 4.78 is 1.98. The van der Waals surface area contributed by atoms with Crippen molar-refractivity contribution in [1.29, 1.82) is 0 Å². The van der Waals surface area contributed by atoms with Crippen LogP contribution in [-0.2, 0) is 16.1 Å². The number of benzene rings is 1. The van der Waals surface area contributed by atoms with E-state index < -0.39 is 17.7 Å². The third kappa shape index (κ3) is 4.83. The van der Waals surface area contributed by atoms with Crippen LogP contribution < -0.4 is 11.1 Å². The van der Waals surface area contributed by atoms with E-state index in [1.165, 1.54) is 18.5 Å². The minimum atomic E-state index is -0.767. The molecule has 1 atom stereocenters. The summed E-state index contributed by atoms with van der Waals surface area (Å²) in [6, 6.07) is 9.33. The summed E-state index contributed by atoms with van der Waals surface area (Å²) in [5, 5.41) is 2.53. The predicted molar refractivity (Wildman–Crippen MR) is 117 cm³/mol. The van der Waals surface area contributed by atoms with E-state index in [4.69, 9.17) is 5.73 Å². The second-order valence-corrected chi connectivity index (χ2v) is 7.77. The first kappa shape index (κ1) is 21.2. The molecule has 0 saturated carbocycles. The van der Waals surface area contributed by atoms with Crippen molar-refractivity contribution in [2.45, 2.75) is 31.8 Å². The average Bonchev–Trinajstić information content (AvgIpc) is 3.32. The molecule has 2 aromatic heterocycles. The normalized spacial score (nSPS) is 15.9. The van der Waals surface area contributed by atoms with Gasteiger partial charge < -0.3 is 20.5 Å². The molecule has 0 bridgehead atoms. The van der Waals surface area contributed by atoms with Gasteiger partial charge in [-0.3, -0.25) is 19.4 Å². The summed E-state index contributed by atoms with van der Waals surface area (Å²) in [5.74, 6) is -2.04. The number of primary amides is 1. The Balaban J connectivity index is 1.46. The molecule has 1 fully saturated rings. The van der Waals surface area contributed by atoms with E-state index in [-0.39, 0.29) is 17.3 Å². The maximum atomic E-state index is 13.0. The zero-order valence-electron chi connectivity index (χ0n) is 17.5. The van der Waals surface area contributed by atoms with Crippen LogP contribution >= 0.6 is 0 Å². The molecular formula is C23H24N6O3. The predicted octanol–water partition coefficient (Wildman–Crippen LogP) is 2.12. The molecule has 0 spiro atoms. The van der Waals surface area contributed by atoms with Crippen molar-refractivity contribution < 1.29 is 14.4 Å². The number of pyridine rings is 1. The number of aromatic nitrogens is 3. The summed E-state index contributed by atoms with van der Waals surface area (Å²) in [5.41, 5.74) is 7.77. The zero-order valence-corrected chi connectivity index (χ0v) is 17.5. The fourth-order valence-electron chi connectivity index (χ4n) is 3.92. The third-order valence-electron chi connectivity index (χ3n) is 5.53. The number of rotatable bonds is 5. The second kappa shape index (κ2) is 9.42. The molecule has 32 heavy (non-hydrogen) atoms. The smallest absolute Gasteiger partial charge is 0.313 e. The highest BCUT2D eigenvalue weighted by Crippen LogP contribution is 2.31. The van der Waals surface area contributed by atoms with E-state index in [2.05, 4.69) is 15.3 Å². The molecule has 9 heteroatoms. The Kier molecular flexibility index (Phi) is 6.25. The number of nitrogens with two attached hydrogens (primary N) is 1. The van der Waals surface area contributed by atoms with Crippen LogP contribution in [0.4, 0.5) is 5.69 Å². The van der Waals surface area contributed by atoms with Crippen molar-refractivity contribution in [3.8, 4) is 0 Å². The third-order valence-corrected chi connectivity index (χ3v) is 5.53. The highest BCUT2D eigenvalue weighted by Gasteiger charge is 2.31. The van der Waals surface area contributed by atoms with Gasteiger partial charge in [0.1, 0.15) is 0 Å². The number of imidazole rings is 1. The molecule has 3 amide bonds. The van der Waals surface area contributed by atoms with Crippen LogP contribution in [-0.4, -0.2) is 43.7 Å². The summed E-state index contributed by atoms with van der Waals surface area (Å²) in [6.07, 6.45) is 10.7. The number of nitrogens with zero attached hydrogens (tertiary/aromatic N) is 4. The van der Waals surface area contributed by atoms with E-state index in [0.29, 0.717) is 13.1 Å². The van der Waals surface area contributed by atoms with Gasteiger partial charge in [-0.25, -0.2) is 4.98 Å². The van der Waals surface area contributed by atoms with Gasteiger partial charge in [0.2, 0.25) is 5.91 Å². The van der Waals surface area contributed by atoms with Gasteiger partial charge in [-0.15, -0.1) is 0 Å². The fraction of sp³-hybridized carbons (Fsp3) is 0.261. The molecular weight excluding hydrogens is 408 g/mol. The van der Waals surface area contributed by atoms with Gasteiger partial charge in [-0.05, 0) is 36.5 Å². The molecule has 3 N–H and O–H groups in total. The Bertz CT molecular complexity index is 1110. The van der Waals surface area contributed by atoms with Crippen LogP contribution in [0.1, 0.15) is 46.8 Å². The topological polar surface area (TPSA) is 123 Å². The molecule has 0 radical (unpaired) electrons. The minimum absolute atomic E-state index is 0.155. The highest BCUT2D eigenvalue weighted by molar-refractivity contribution is 6.39. The number of carbonyl (C=O) groups is 3. The second-order valence-electron chi connectivity index (χ2n) is 7.77. The number of nitrogens with one attached hydrogen (secondary N) is 1. The summed E-state index contributed by atoms with van der Waals surface area (Å²) in [7, 11) is 0. The Morgan fingerprint density at radius 1 is 1.09 bits per heavy atom. The number of likely N-dealkylation sites (tertiary alicyclic amines) is 1. The molecule has 3 aromatic rings. The molecule has 3 heterocycles. The largest absolute Gasteiger partial charge is 0.366 e. The first-order chi connectivity index (χ1) is 15.5. The van der Waals surface area contributed by atoms with Gasteiger partial charge in [0, 0.05) is 31.7 Å². The van der Waals surface area contributed by atoms with Gasteiger partial charge in [-0.2, -0.15) is 0 Å². The van der Waals surface area contributed by atoms with Crippen LogP contribution in [0.2, 0.25) is 0 Å². The van der Waals surface area contributed by atoms with Gasteiger partial charge in [-0.1, -0.05) is 24.3 Å². The first-order valence-electron chi connectivity index (χ1n) is 10.4. The maximum Gasteiger partial charge on any atom is 0.313 e. The zero-order chi connectivity index (χ0) is 22.5. The number of hydrogen-bond acceptors (Lipinski definition) is 5. The molecule has 1 saturated heterocycles. The lowest BCUT2D eigenvalue weighted by molar-refractivity contribution is -0.145. The number of hydrogen-bond donors (Lipinski definition) is 2. The van der Waals surface area contributed by atoms with Crippen molar-refractivity contribution in [1.82, 2.24) is 19.4 Å². The van der Waals surface area contributed by atoms with Crippen LogP contribution in [0.15, 0.2) is 61.4 Å². The summed E-state index contributed by atoms with van der Waals surface area (Å²) in [6.45, 7) is 1.22. The SMILES string of the molecule is NC(=O)c1cncc(NC(=O)C(=O)N2CCCC[C@H]2c2ccc(Cn3ccnc3)cc2)c1. The molecule has 1 aromatic carbocycles. The molecule has 4 rings (SSSR count). The van der Waals surface area contributed by atoms with E-state index in [9.17, 15) is 14.4 Å². The standard InChI is InChI=1S/C23H24N6O3/c24-21(30)18-11-19(13-26-12-18)27-22(31)23(32)29-9-2-1-3-20(29)17-6-4-16(5-7-17)14-28-10-8-25-15-28/h4-8,10-13,15,20H,1-3,9,14H2,(H2,24,30)(H,27,31)/t20-/m0/s1. The lowest BCUT2D eigenvalue weighted by Gasteiger charge is -2.35. The Hall–Kier alpha value is -4.01. The fourth-order valence-corrected chi connectivity index (χ4v) is 3.92. The monoisotopic (exact) mass is 432 g/mol. The van der Waals surface area contributed by atoms with Crippen molar-refractivity contribution in [3.05, 3.63) is 78.1 Å². The highest BCUT2D eigenvalue weighted by atomic mass is 16.2. The van der Waals surface area contributed by atoms with Crippen molar-refractivity contribution in [2.24, 2.45) is 5.73 Å². The minimum Gasteiger partial charge on any atom is -0.366 e. The van der Waals surface area contributed by atoms with Gasteiger partial charge >= 0.3 is 11.8 Å². The molecule has 164 valence electrons. The Morgan fingerprint density at radius 2 is 1.91 bits per heavy atom. The van der Waals surface area contributed by atoms with Gasteiger partial charge in [0.15, 0.2) is 0 Å². The van der Waals surface area contributed by atoms with Crippen LogP contribution in [0.3, 0.4) is 0 Å². The Labute approximate surface area is 185 Å². The molecule has 9 nitrogen and oxygen atoms in total. The lowest BCUT2D eigenvalue weighted by Crippen LogP contribution is -2.44. The Morgan fingerprint density at radius 3 is 2.62 bits per heavy atom. The summed E-state index contributed by atoms with van der Waals surface area (Å²) >= 11 is 0. The number of amides is 3. The first-order valence-corrected chi connectivity index (χ1v) is 10.4. The van der Waals surface area contributed by atoms with Crippen LogP contribution in [0, 0.1) is 0 Å². The van der Waals surface area contributed by atoms with E-state index in [1.807, 2.05) is 35.0 Å². The molecule has 1 aliphatic rings.